The summed E-state index contributed by atoms with van der Waals surface area (Å²) in [5.74, 6) is 1.24. The van der Waals surface area contributed by atoms with E-state index in [9.17, 15) is 0 Å². The maximum atomic E-state index is 6.66. The highest BCUT2D eigenvalue weighted by Crippen LogP contribution is 2.56. The van der Waals surface area contributed by atoms with Gasteiger partial charge in [0.15, 0.2) is 0 Å². The lowest BCUT2D eigenvalue weighted by atomic mass is 9.64. The van der Waals surface area contributed by atoms with Gasteiger partial charge in [0.2, 0.25) is 5.71 Å². The first kappa shape index (κ1) is 23.9. The summed E-state index contributed by atoms with van der Waals surface area (Å²) in [6.45, 7) is 18.1. The van der Waals surface area contributed by atoms with Gasteiger partial charge in [-0.05, 0) is 71.6 Å². The summed E-state index contributed by atoms with van der Waals surface area (Å²) >= 11 is 0. The van der Waals surface area contributed by atoms with Crippen molar-refractivity contribution in [3.63, 3.8) is 0 Å². The van der Waals surface area contributed by atoms with E-state index in [2.05, 4.69) is 104 Å². The molecule has 3 heteroatoms. The fraction of sp³-hybridized carbons (Fsp3) is 0.353. The second-order valence-corrected chi connectivity index (χ2v) is 11.8. The summed E-state index contributed by atoms with van der Waals surface area (Å²) in [6, 6.07) is 17.8. The van der Waals surface area contributed by atoms with Crippen LogP contribution in [0.15, 0.2) is 59.1 Å². The Labute approximate surface area is 220 Å². The molecule has 3 aromatic heterocycles. The third-order valence-corrected chi connectivity index (χ3v) is 8.75. The van der Waals surface area contributed by atoms with Crippen LogP contribution in [0.5, 0.6) is 0 Å². The lowest BCUT2D eigenvalue weighted by Gasteiger charge is -2.39. The summed E-state index contributed by atoms with van der Waals surface area (Å²) < 4.78 is 6.66. The molecule has 0 atom stereocenters. The molecule has 1 aliphatic rings. The Bertz CT molecular complexity index is 1680. The maximum absolute atomic E-state index is 6.66. The minimum Gasteiger partial charge on any atom is -0.437 e. The molecule has 6 rings (SSSR count). The molecule has 188 valence electrons. The van der Waals surface area contributed by atoms with Crippen LogP contribution in [-0.2, 0) is 5.41 Å². The van der Waals surface area contributed by atoms with Crippen molar-refractivity contribution in [3.8, 4) is 22.4 Å². The summed E-state index contributed by atoms with van der Waals surface area (Å²) in [6.07, 6.45) is 2.03. The number of benzene rings is 2. The number of aromatic nitrogens is 2. The van der Waals surface area contributed by atoms with Gasteiger partial charge in [-0.1, -0.05) is 77.9 Å². The molecule has 5 aromatic rings. The van der Waals surface area contributed by atoms with Crippen molar-refractivity contribution in [2.75, 3.05) is 0 Å². The molecule has 3 heterocycles. The summed E-state index contributed by atoms with van der Waals surface area (Å²) in [4.78, 5) is 10.2. The van der Waals surface area contributed by atoms with Crippen LogP contribution >= 0.6 is 0 Å². The van der Waals surface area contributed by atoms with Crippen LogP contribution in [0, 0.1) is 25.7 Å². The average Bonchev–Trinajstić information content (AvgIpc) is 3.35. The number of aryl methyl sites for hydroxylation is 2. The number of fused-ring (bicyclic) bond motifs is 6. The minimum atomic E-state index is -0.150. The van der Waals surface area contributed by atoms with Gasteiger partial charge < -0.3 is 4.42 Å². The van der Waals surface area contributed by atoms with E-state index in [1.807, 2.05) is 6.20 Å². The normalized spacial score (nSPS) is 14.4. The van der Waals surface area contributed by atoms with Gasteiger partial charge in [0.05, 0.1) is 11.4 Å². The molecule has 0 bridgehead atoms. The lowest BCUT2D eigenvalue weighted by molar-refractivity contribution is 0.273. The first-order valence-electron chi connectivity index (χ1n) is 13.6. The van der Waals surface area contributed by atoms with E-state index < -0.39 is 0 Å². The molecular formula is C34H36N2O. The van der Waals surface area contributed by atoms with Gasteiger partial charge in [-0.15, -0.1) is 0 Å². The molecule has 0 saturated carbocycles. The van der Waals surface area contributed by atoms with E-state index in [1.54, 1.807) is 0 Å². The molecule has 37 heavy (non-hydrogen) atoms. The summed E-state index contributed by atoms with van der Waals surface area (Å²) in [7, 11) is 0. The first-order chi connectivity index (χ1) is 17.7. The number of nitrogens with zero attached hydrogens (tertiary/aromatic N) is 2. The molecular weight excluding hydrogens is 452 g/mol. The van der Waals surface area contributed by atoms with Gasteiger partial charge >= 0.3 is 0 Å². The Morgan fingerprint density at radius 1 is 0.784 bits per heavy atom. The van der Waals surface area contributed by atoms with Crippen LogP contribution in [0.2, 0.25) is 0 Å². The number of furan rings is 1. The van der Waals surface area contributed by atoms with E-state index in [-0.39, 0.29) is 5.41 Å². The van der Waals surface area contributed by atoms with E-state index in [1.165, 1.54) is 27.8 Å². The summed E-state index contributed by atoms with van der Waals surface area (Å²) in [5, 5.41) is 2.17. The smallest absolute Gasteiger partial charge is 0.227 e. The number of rotatable bonds is 4. The molecule has 0 aliphatic heterocycles. The van der Waals surface area contributed by atoms with Gasteiger partial charge in [0.1, 0.15) is 5.58 Å². The number of hydrogen-bond acceptors (Lipinski definition) is 3. The average molecular weight is 489 g/mol. The standard InChI is InChI=1S/C34H36N2O/c1-18(2)27-17-35-29(15-22(27)8)30-21(7)13-14-24-26-16-25-23-11-9-10-12-28(23)34(19(3)4,20(5)6)32(25)36-33(26)37-31(24)30/h9-20H,1-8H3. The highest BCUT2D eigenvalue weighted by Gasteiger charge is 2.49. The highest BCUT2D eigenvalue weighted by atomic mass is 16.3. The van der Waals surface area contributed by atoms with Crippen LogP contribution in [0.3, 0.4) is 0 Å². The zero-order valence-corrected chi connectivity index (χ0v) is 23.2. The Morgan fingerprint density at radius 2 is 1.51 bits per heavy atom. The van der Waals surface area contributed by atoms with Crippen LogP contribution in [-0.4, -0.2) is 9.97 Å². The quantitative estimate of drug-likeness (QED) is 0.253. The molecule has 3 nitrogen and oxygen atoms in total. The fourth-order valence-corrected chi connectivity index (χ4v) is 7.05. The largest absolute Gasteiger partial charge is 0.437 e. The molecule has 0 saturated heterocycles. The van der Waals surface area contributed by atoms with Crippen molar-refractivity contribution >= 4 is 22.1 Å². The Balaban J connectivity index is 1.66. The van der Waals surface area contributed by atoms with Gasteiger partial charge in [-0.2, -0.15) is 0 Å². The van der Waals surface area contributed by atoms with E-state index in [0.29, 0.717) is 17.8 Å². The second-order valence-electron chi connectivity index (χ2n) is 11.8. The monoisotopic (exact) mass is 488 g/mol. The third kappa shape index (κ3) is 3.19. The van der Waals surface area contributed by atoms with Crippen LogP contribution in [0.1, 0.15) is 75.4 Å². The Hall–Kier alpha value is -3.46. The van der Waals surface area contributed by atoms with E-state index >= 15 is 0 Å². The zero-order chi connectivity index (χ0) is 26.2. The molecule has 0 N–H and O–H groups in total. The minimum absolute atomic E-state index is 0.150. The third-order valence-electron chi connectivity index (χ3n) is 8.75. The van der Waals surface area contributed by atoms with Crippen LogP contribution in [0.4, 0.5) is 0 Å². The molecule has 2 aromatic carbocycles. The van der Waals surface area contributed by atoms with Gasteiger partial charge in [0, 0.05) is 33.5 Å². The van der Waals surface area contributed by atoms with Gasteiger partial charge in [-0.3, -0.25) is 4.98 Å². The van der Waals surface area contributed by atoms with Crippen molar-refractivity contribution in [1.82, 2.24) is 9.97 Å². The van der Waals surface area contributed by atoms with Crippen molar-refractivity contribution < 1.29 is 4.42 Å². The fourth-order valence-electron chi connectivity index (χ4n) is 7.05. The molecule has 1 aliphatic carbocycles. The predicted octanol–water partition coefficient (Wildman–Crippen LogP) is 9.36. The SMILES string of the molecule is Cc1cc(-c2c(C)ccc3c2oc2nc4c(cc23)-c2ccccc2C4(C(C)C)C(C)C)ncc1C(C)C. The van der Waals surface area contributed by atoms with Crippen molar-refractivity contribution in [3.05, 3.63) is 82.7 Å². The van der Waals surface area contributed by atoms with Crippen molar-refractivity contribution in [2.45, 2.75) is 66.7 Å². The predicted molar refractivity (Wildman–Crippen MR) is 154 cm³/mol. The molecule has 0 unspecified atom stereocenters. The molecule has 0 amide bonds. The Kier molecular flexibility index (Phi) is 5.35. The van der Waals surface area contributed by atoms with Gasteiger partial charge in [-0.25, -0.2) is 4.98 Å². The molecule has 0 spiro atoms. The first-order valence-corrected chi connectivity index (χ1v) is 13.6. The second kappa shape index (κ2) is 8.28. The van der Waals surface area contributed by atoms with E-state index in [0.717, 1.165) is 44.6 Å². The van der Waals surface area contributed by atoms with Crippen LogP contribution in [0.25, 0.3) is 44.5 Å². The lowest BCUT2D eigenvalue weighted by Crippen LogP contribution is -2.38. The van der Waals surface area contributed by atoms with Crippen molar-refractivity contribution in [2.24, 2.45) is 11.8 Å². The maximum Gasteiger partial charge on any atom is 0.227 e. The van der Waals surface area contributed by atoms with E-state index in [4.69, 9.17) is 14.4 Å². The number of hydrogen-bond donors (Lipinski definition) is 0. The number of pyridine rings is 2. The summed E-state index contributed by atoms with van der Waals surface area (Å²) in [5.41, 5.74) is 12.3. The molecule has 0 fully saturated rings. The zero-order valence-electron chi connectivity index (χ0n) is 23.2. The van der Waals surface area contributed by atoms with Crippen molar-refractivity contribution in [1.29, 1.82) is 0 Å². The van der Waals surface area contributed by atoms with Gasteiger partial charge in [0.25, 0.3) is 0 Å². The highest BCUT2D eigenvalue weighted by molar-refractivity contribution is 6.10. The van der Waals surface area contributed by atoms with Crippen LogP contribution < -0.4 is 0 Å². The molecule has 0 radical (unpaired) electrons. The Morgan fingerprint density at radius 3 is 2.19 bits per heavy atom. The topological polar surface area (TPSA) is 38.9 Å².